The van der Waals surface area contributed by atoms with Crippen molar-refractivity contribution in [3.63, 3.8) is 0 Å². The molecular weight excluding hydrogens is 318 g/mol. The van der Waals surface area contributed by atoms with Crippen LogP contribution in [0.4, 0.5) is 0 Å². The minimum Gasteiger partial charge on any atom is -0.327 e. The van der Waals surface area contributed by atoms with Gasteiger partial charge in [-0.2, -0.15) is 0 Å². The summed E-state index contributed by atoms with van der Waals surface area (Å²) in [7, 11) is 0. The van der Waals surface area contributed by atoms with Crippen LogP contribution in [0.5, 0.6) is 0 Å². The maximum Gasteiger partial charge on any atom is 0.108 e. The zero-order valence-electron chi connectivity index (χ0n) is 9.72. The van der Waals surface area contributed by atoms with Gasteiger partial charge in [0.05, 0.1) is 0 Å². The first kappa shape index (κ1) is 13.6. The lowest BCUT2D eigenvalue weighted by Gasteiger charge is -2.23. The van der Waals surface area contributed by atoms with Crippen molar-refractivity contribution in [1.29, 1.82) is 0 Å². The zero-order chi connectivity index (χ0) is 12.3. The molecule has 0 atom stereocenters. The summed E-state index contributed by atoms with van der Waals surface area (Å²) in [6, 6.07) is 2.07. The molecule has 0 bridgehead atoms. The molecule has 1 nitrogen and oxygen atoms in total. The lowest BCUT2D eigenvalue weighted by atomic mass is 9.83. The van der Waals surface area contributed by atoms with Gasteiger partial charge < -0.3 is 5.73 Å². The van der Waals surface area contributed by atoms with Gasteiger partial charge in [0.25, 0.3) is 0 Å². The number of rotatable bonds is 3. The molecule has 0 saturated heterocycles. The molecule has 1 aromatic rings. The summed E-state index contributed by atoms with van der Waals surface area (Å²) >= 11 is 11.1. The second kappa shape index (κ2) is 6.37. The lowest BCUT2D eigenvalue weighted by Crippen LogP contribution is -2.15. The van der Waals surface area contributed by atoms with E-state index in [1.54, 1.807) is 11.3 Å². The van der Waals surface area contributed by atoms with Crippen molar-refractivity contribution in [3.8, 4) is 0 Å². The normalized spacial score (nSPS) is 18.6. The minimum absolute atomic E-state index is 0.664. The van der Waals surface area contributed by atoms with Gasteiger partial charge in [-0.05, 0) is 46.8 Å². The zero-order valence-corrected chi connectivity index (χ0v) is 12.9. The Balaban J connectivity index is 2.16. The third kappa shape index (κ3) is 3.57. The molecule has 0 unspecified atom stereocenters. The maximum atomic E-state index is 6.05. The van der Waals surface area contributed by atoms with E-state index < -0.39 is 0 Å². The van der Waals surface area contributed by atoms with Crippen LogP contribution >= 0.6 is 38.9 Å². The predicted molar refractivity (Wildman–Crippen MR) is 80.6 cm³/mol. The number of halogens is 2. The molecular formula is C13H17BrClNS. The smallest absolute Gasteiger partial charge is 0.108 e. The Labute approximate surface area is 120 Å². The first-order valence-electron chi connectivity index (χ1n) is 6.06. The third-order valence-electron chi connectivity index (χ3n) is 3.36. The largest absolute Gasteiger partial charge is 0.327 e. The molecule has 1 fully saturated rings. The average Bonchev–Trinajstić information content (AvgIpc) is 2.67. The molecule has 2 rings (SSSR count). The van der Waals surface area contributed by atoms with Crippen molar-refractivity contribution in [2.24, 2.45) is 11.7 Å². The monoisotopic (exact) mass is 333 g/mol. The summed E-state index contributed by atoms with van der Waals surface area (Å²) in [6.45, 7) is 0.664. The van der Waals surface area contributed by atoms with Gasteiger partial charge in [0.15, 0.2) is 0 Å². The summed E-state index contributed by atoms with van der Waals surface area (Å²) in [4.78, 5) is 1.20. The van der Waals surface area contributed by atoms with Crippen LogP contribution in [0.1, 0.15) is 37.0 Å². The van der Waals surface area contributed by atoms with E-state index in [0.717, 1.165) is 8.81 Å². The molecule has 1 saturated carbocycles. The molecule has 2 N–H and O–H groups in total. The molecule has 1 aromatic heterocycles. The van der Waals surface area contributed by atoms with Crippen molar-refractivity contribution in [3.05, 3.63) is 25.3 Å². The fourth-order valence-corrected chi connectivity index (χ4v) is 4.15. The van der Waals surface area contributed by atoms with Gasteiger partial charge >= 0.3 is 0 Å². The summed E-state index contributed by atoms with van der Waals surface area (Å²) < 4.78 is 1.80. The summed E-state index contributed by atoms with van der Waals surface area (Å²) in [5.41, 5.74) is 7.27. The van der Waals surface area contributed by atoms with Gasteiger partial charge in [0.2, 0.25) is 0 Å². The molecule has 0 aromatic carbocycles. The second-order valence-electron chi connectivity index (χ2n) is 4.53. The highest BCUT2D eigenvalue weighted by Gasteiger charge is 2.17. The highest BCUT2D eigenvalue weighted by molar-refractivity contribution is 9.10. The summed E-state index contributed by atoms with van der Waals surface area (Å²) in [5, 5.41) is 0. The van der Waals surface area contributed by atoms with E-state index in [2.05, 4.69) is 28.1 Å². The molecule has 94 valence electrons. The lowest BCUT2D eigenvalue weighted by molar-refractivity contribution is 0.401. The van der Waals surface area contributed by atoms with Crippen LogP contribution in [-0.2, 0) is 0 Å². The SMILES string of the molecule is NCC(=Cc1cc(Br)c(Cl)s1)C1CCCCC1. The van der Waals surface area contributed by atoms with Crippen LogP contribution in [0, 0.1) is 5.92 Å². The van der Waals surface area contributed by atoms with E-state index in [0.29, 0.717) is 12.5 Å². The Morgan fingerprint density at radius 3 is 2.71 bits per heavy atom. The molecule has 0 spiro atoms. The molecule has 17 heavy (non-hydrogen) atoms. The average molecular weight is 335 g/mol. The van der Waals surface area contributed by atoms with E-state index in [4.69, 9.17) is 17.3 Å². The minimum atomic E-state index is 0.664. The summed E-state index contributed by atoms with van der Waals surface area (Å²) in [5.74, 6) is 0.688. The number of nitrogens with two attached hydrogens (primary N) is 1. The van der Waals surface area contributed by atoms with E-state index in [-0.39, 0.29) is 0 Å². The van der Waals surface area contributed by atoms with Crippen LogP contribution in [-0.4, -0.2) is 6.54 Å². The third-order valence-corrected chi connectivity index (χ3v) is 5.78. The van der Waals surface area contributed by atoms with Gasteiger partial charge in [0, 0.05) is 15.9 Å². The van der Waals surface area contributed by atoms with Crippen LogP contribution < -0.4 is 5.73 Å². The van der Waals surface area contributed by atoms with Crippen molar-refractivity contribution >= 4 is 44.9 Å². The van der Waals surface area contributed by atoms with E-state index >= 15 is 0 Å². The predicted octanol–water partition coefficient (Wildman–Crippen LogP) is 5.09. The van der Waals surface area contributed by atoms with E-state index in [1.807, 2.05) is 0 Å². The van der Waals surface area contributed by atoms with E-state index in [9.17, 15) is 0 Å². The molecule has 0 aliphatic heterocycles. The number of hydrogen-bond donors (Lipinski definition) is 1. The fraction of sp³-hybridized carbons (Fsp3) is 0.538. The Kier molecular flexibility index (Phi) is 5.10. The van der Waals surface area contributed by atoms with Crippen molar-refractivity contribution in [2.75, 3.05) is 6.54 Å². The fourth-order valence-electron chi connectivity index (χ4n) is 2.43. The number of hydrogen-bond acceptors (Lipinski definition) is 2. The molecule has 1 aliphatic carbocycles. The maximum absolute atomic E-state index is 6.05. The van der Waals surface area contributed by atoms with Crippen molar-refractivity contribution < 1.29 is 0 Å². The second-order valence-corrected chi connectivity index (χ2v) is 7.07. The van der Waals surface area contributed by atoms with E-state index in [1.165, 1.54) is 42.6 Å². The van der Waals surface area contributed by atoms with Gasteiger partial charge in [-0.3, -0.25) is 0 Å². The molecule has 1 aliphatic rings. The Morgan fingerprint density at radius 1 is 1.47 bits per heavy atom. The Bertz CT molecular complexity index is 388. The highest BCUT2D eigenvalue weighted by Crippen LogP contribution is 2.35. The van der Waals surface area contributed by atoms with Gasteiger partial charge in [0.1, 0.15) is 4.34 Å². The Morgan fingerprint density at radius 2 is 2.18 bits per heavy atom. The Hall–Kier alpha value is 0.170. The molecule has 0 amide bonds. The topological polar surface area (TPSA) is 26.0 Å². The number of thiophene rings is 1. The van der Waals surface area contributed by atoms with Crippen molar-refractivity contribution in [1.82, 2.24) is 0 Å². The molecule has 4 heteroatoms. The first-order valence-corrected chi connectivity index (χ1v) is 8.05. The van der Waals surface area contributed by atoms with Gasteiger partial charge in [-0.1, -0.05) is 36.4 Å². The molecule has 0 radical (unpaired) electrons. The molecule has 1 heterocycles. The summed E-state index contributed by atoms with van der Waals surface area (Å²) in [6.07, 6.45) is 8.89. The van der Waals surface area contributed by atoms with Crippen LogP contribution in [0.25, 0.3) is 6.08 Å². The van der Waals surface area contributed by atoms with Crippen molar-refractivity contribution in [2.45, 2.75) is 32.1 Å². The first-order chi connectivity index (χ1) is 8.20. The van der Waals surface area contributed by atoms with Gasteiger partial charge in [-0.15, -0.1) is 11.3 Å². The van der Waals surface area contributed by atoms with Crippen LogP contribution in [0.2, 0.25) is 4.34 Å². The standard InChI is InChI=1S/C13H17BrClNS/c14-12-7-11(17-13(12)15)6-10(8-16)9-4-2-1-3-5-9/h6-7,9H,1-5,8,16H2. The van der Waals surface area contributed by atoms with Crippen LogP contribution in [0.15, 0.2) is 16.1 Å². The highest BCUT2D eigenvalue weighted by atomic mass is 79.9. The quantitative estimate of drug-likeness (QED) is 0.819. The van der Waals surface area contributed by atoms with Gasteiger partial charge in [-0.25, -0.2) is 0 Å². The van der Waals surface area contributed by atoms with Crippen LogP contribution in [0.3, 0.4) is 0 Å².